The summed E-state index contributed by atoms with van der Waals surface area (Å²) in [6.07, 6.45) is 7.54. The number of para-hydroxylation sites is 3. The van der Waals surface area contributed by atoms with Crippen molar-refractivity contribution in [3.8, 4) is 0 Å². The molecule has 5 aromatic carbocycles. The van der Waals surface area contributed by atoms with Crippen LogP contribution < -0.4 is 31.9 Å². The minimum absolute atomic E-state index is 0.0279. The van der Waals surface area contributed by atoms with E-state index in [1.54, 1.807) is 0 Å². The standard InChI is InChI=1S/C59H70N8O5/c1-39(24-31-53(68)72-35-33-40-25-27-46(28-26-40)67-66-45-22-14-7-15-23-45)48-29-30-49-54-50(38-52(59(48,49)3)65-57(71)62-44-20-12-6-13-21-44)58(2)34-32-47(63-55(69)60-42-16-8-4-9-17-42)36-41(58)37-51(54)64-56(70)61-43-18-10-5-11-19-43/h4-23,25-28,39,41,47-52,54H,24,29-38H2,1-3H3,(H2,60,63,69)(H2,61,64,70)(H2,62,65,71)/t39-,41+,47-,48-,49+,50+,51-,52+,54+,58+,59-/m1/s1. The van der Waals surface area contributed by atoms with Crippen LogP contribution in [0.5, 0.6) is 0 Å². The molecule has 6 amide bonds. The van der Waals surface area contributed by atoms with Crippen LogP contribution in [0.25, 0.3) is 0 Å². The summed E-state index contributed by atoms with van der Waals surface area (Å²) in [4.78, 5) is 55.0. The molecule has 4 aliphatic carbocycles. The third-order valence-corrected chi connectivity index (χ3v) is 17.1. The maximum atomic E-state index is 14.2. The van der Waals surface area contributed by atoms with Crippen LogP contribution in [0.3, 0.4) is 0 Å². The van der Waals surface area contributed by atoms with Crippen molar-refractivity contribution in [1.82, 2.24) is 16.0 Å². The molecule has 0 unspecified atom stereocenters. The first-order valence-electron chi connectivity index (χ1n) is 26.0. The molecule has 0 aliphatic heterocycles. The Hall–Kier alpha value is -7.02. The van der Waals surface area contributed by atoms with Crippen molar-refractivity contribution in [2.75, 3.05) is 22.6 Å². The summed E-state index contributed by atoms with van der Waals surface area (Å²) in [6, 6.07) is 45.0. The highest BCUT2D eigenvalue weighted by Crippen LogP contribution is 2.68. The number of benzene rings is 5. The normalized spacial score (nSPS) is 27.7. The first-order valence-corrected chi connectivity index (χ1v) is 26.0. The van der Waals surface area contributed by atoms with Crippen molar-refractivity contribution < 1.29 is 23.9 Å². The molecule has 0 spiro atoms. The molecule has 13 nitrogen and oxygen atoms in total. The van der Waals surface area contributed by atoms with Crippen LogP contribution in [0.2, 0.25) is 0 Å². The molecule has 11 atom stereocenters. The zero-order valence-corrected chi connectivity index (χ0v) is 41.8. The van der Waals surface area contributed by atoms with E-state index >= 15 is 0 Å². The number of nitrogens with zero attached hydrogens (tertiary/aromatic N) is 2. The van der Waals surface area contributed by atoms with Gasteiger partial charge < -0.3 is 36.6 Å². The number of fused-ring (bicyclic) bond motifs is 5. The molecular formula is C59H70N8O5. The Kier molecular flexibility index (Phi) is 15.7. The number of ether oxygens (including phenoxy) is 1. The van der Waals surface area contributed by atoms with Crippen molar-refractivity contribution in [1.29, 1.82) is 0 Å². The van der Waals surface area contributed by atoms with Crippen molar-refractivity contribution >= 4 is 52.5 Å². The second-order valence-electron chi connectivity index (χ2n) is 21.2. The molecule has 9 rings (SSSR count). The van der Waals surface area contributed by atoms with E-state index in [1.807, 2.05) is 146 Å². The smallest absolute Gasteiger partial charge is 0.319 e. The van der Waals surface area contributed by atoms with Gasteiger partial charge in [-0.1, -0.05) is 106 Å². The first-order chi connectivity index (χ1) is 34.9. The van der Waals surface area contributed by atoms with E-state index in [9.17, 15) is 19.2 Å². The van der Waals surface area contributed by atoms with Gasteiger partial charge in [0.25, 0.3) is 0 Å². The number of anilines is 3. The van der Waals surface area contributed by atoms with E-state index in [-0.39, 0.29) is 95.1 Å². The molecule has 0 aromatic heterocycles. The second kappa shape index (κ2) is 22.6. The largest absolute Gasteiger partial charge is 0.465 e. The fourth-order valence-electron chi connectivity index (χ4n) is 13.5. The van der Waals surface area contributed by atoms with Gasteiger partial charge in [0.2, 0.25) is 0 Å². The van der Waals surface area contributed by atoms with Gasteiger partial charge in [-0.25, -0.2) is 14.4 Å². The molecule has 72 heavy (non-hydrogen) atoms. The van der Waals surface area contributed by atoms with Crippen LogP contribution >= 0.6 is 0 Å². The van der Waals surface area contributed by atoms with Crippen LogP contribution in [0, 0.1) is 46.3 Å². The van der Waals surface area contributed by atoms with Gasteiger partial charge in [-0.2, -0.15) is 10.2 Å². The lowest BCUT2D eigenvalue weighted by atomic mass is 9.42. The lowest BCUT2D eigenvalue weighted by Gasteiger charge is -2.65. The Morgan fingerprint density at radius 2 is 1.15 bits per heavy atom. The van der Waals surface area contributed by atoms with E-state index in [4.69, 9.17) is 4.74 Å². The Balaban J connectivity index is 0.914. The van der Waals surface area contributed by atoms with Gasteiger partial charge in [0.15, 0.2) is 0 Å². The van der Waals surface area contributed by atoms with Gasteiger partial charge in [-0.15, -0.1) is 0 Å². The molecular weight excluding hydrogens is 901 g/mol. The lowest BCUT2D eigenvalue weighted by Crippen LogP contribution is -2.68. The summed E-state index contributed by atoms with van der Waals surface area (Å²) < 4.78 is 5.82. The molecule has 0 heterocycles. The number of azo groups is 1. The van der Waals surface area contributed by atoms with Gasteiger partial charge >= 0.3 is 24.1 Å². The van der Waals surface area contributed by atoms with E-state index in [0.717, 1.165) is 78.9 Å². The monoisotopic (exact) mass is 971 g/mol. The number of hydrogen-bond donors (Lipinski definition) is 6. The molecule has 4 aliphatic rings. The average molecular weight is 971 g/mol. The summed E-state index contributed by atoms with van der Waals surface area (Å²) >= 11 is 0. The van der Waals surface area contributed by atoms with Crippen molar-refractivity contribution in [2.24, 2.45) is 56.6 Å². The van der Waals surface area contributed by atoms with E-state index in [0.29, 0.717) is 19.3 Å². The molecule has 376 valence electrons. The second-order valence-corrected chi connectivity index (χ2v) is 21.2. The summed E-state index contributed by atoms with van der Waals surface area (Å²) in [7, 11) is 0. The molecule has 4 saturated carbocycles. The van der Waals surface area contributed by atoms with Gasteiger partial charge in [-0.3, -0.25) is 4.79 Å². The summed E-state index contributed by atoms with van der Waals surface area (Å²) in [6.45, 7) is 7.37. The highest BCUT2D eigenvalue weighted by molar-refractivity contribution is 5.90. The predicted molar refractivity (Wildman–Crippen MR) is 283 cm³/mol. The van der Waals surface area contributed by atoms with Crippen LogP contribution in [0.15, 0.2) is 156 Å². The predicted octanol–water partition coefficient (Wildman–Crippen LogP) is 13.1. The van der Waals surface area contributed by atoms with Crippen molar-refractivity contribution in [3.05, 3.63) is 151 Å². The number of carbonyl (C=O) groups excluding carboxylic acids is 4. The minimum Gasteiger partial charge on any atom is -0.465 e. The molecule has 0 saturated heterocycles. The topological polar surface area (TPSA) is 174 Å². The minimum atomic E-state index is -0.349. The van der Waals surface area contributed by atoms with Crippen LogP contribution in [-0.2, 0) is 16.0 Å². The summed E-state index contributed by atoms with van der Waals surface area (Å²) in [5, 5.41) is 28.3. The zero-order valence-electron chi connectivity index (χ0n) is 41.8. The third-order valence-electron chi connectivity index (χ3n) is 17.1. The summed E-state index contributed by atoms with van der Waals surface area (Å²) in [5.41, 5.74) is 4.34. The highest BCUT2D eigenvalue weighted by Gasteiger charge is 2.66. The van der Waals surface area contributed by atoms with E-state index < -0.39 is 0 Å². The maximum Gasteiger partial charge on any atom is 0.319 e. The fraction of sp³-hybridized carbons (Fsp3) is 0.424. The highest BCUT2D eigenvalue weighted by atomic mass is 16.5. The fourth-order valence-corrected chi connectivity index (χ4v) is 13.5. The molecule has 0 bridgehead atoms. The third kappa shape index (κ3) is 11.7. The van der Waals surface area contributed by atoms with Gasteiger partial charge in [0, 0.05) is 48.0 Å². The average Bonchev–Trinajstić information content (AvgIpc) is 3.75. The zero-order chi connectivity index (χ0) is 50.1. The van der Waals surface area contributed by atoms with Crippen LogP contribution in [-0.4, -0.2) is 48.8 Å². The lowest BCUT2D eigenvalue weighted by molar-refractivity contribution is -0.145. The molecule has 6 N–H and O–H groups in total. The number of nitrogens with one attached hydrogen (secondary N) is 6. The quantitative estimate of drug-likeness (QED) is 0.0452. The Morgan fingerprint density at radius 1 is 0.611 bits per heavy atom. The molecule has 5 aromatic rings. The molecule has 0 radical (unpaired) electrons. The van der Waals surface area contributed by atoms with Crippen LogP contribution in [0.4, 0.5) is 42.8 Å². The van der Waals surface area contributed by atoms with E-state index in [2.05, 4.69) is 62.9 Å². The number of esters is 1. The van der Waals surface area contributed by atoms with Gasteiger partial charge in [-0.05, 0) is 164 Å². The van der Waals surface area contributed by atoms with E-state index in [1.165, 1.54) is 0 Å². The SMILES string of the molecule is C[C@H](CCC(=O)OCCc1ccc(N=Nc2ccccc2)cc1)[C@H]1CC[C@H]2[C@@H]3[C@H](NC(=O)Nc4ccccc4)C[C@@H]4C[C@H](NC(=O)Nc5ccccc5)CC[C@]4(C)[C@H]3C[C@H](NC(=O)Nc3ccccc3)[C@]12C. The molecule has 4 fully saturated rings. The van der Waals surface area contributed by atoms with Crippen molar-refractivity contribution in [2.45, 2.75) is 103 Å². The Labute approximate surface area is 424 Å². The first kappa shape index (κ1) is 49.9. The number of rotatable bonds is 15. The number of amides is 6. The van der Waals surface area contributed by atoms with Gasteiger partial charge in [0.05, 0.1) is 18.0 Å². The summed E-state index contributed by atoms with van der Waals surface area (Å²) in [5.74, 6) is 0.847. The number of carbonyl (C=O) groups is 4. The van der Waals surface area contributed by atoms with Crippen molar-refractivity contribution in [3.63, 3.8) is 0 Å². The number of urea groups is 3. The molecule has 13 heteroatoms. The van der Waals surface area contributed by atoms with Gasteiger partial charge in [0.1, 0.15) is 0 Å². The maximum absolute atomic E-state index is 14.2. The number of hydrogen-bond acceptors (Lipinski definition) is 7. The Morgan fingerprint density at radius 3 is 1.75 bits per heavy atom. The van der Waals surface area contributed by atoms with Crippen LogP contribution in [0.1, 0.15) is 84.1 Å². The Bertz CT molecular complexity index is 2640.